The van der Waals surface area contributed by atoms with Gasteiger partial charge in [0, 0.05) is 39.5 Å². The fourth-order valence-corrected chi connectivity index (χ4v) is 2.91. The lowest BCUT2D eigenvalue weighted by Gasteiger charge is -2.37. The predicted molar refractivity (Wildman–Crippen MR) is 70.2 cm³/mol. The first-order valence-electron chi connectivity index (χ1n) is 7.42. The van der Waals surface area contributed by atoms with Gasteiger partial charge in [0.1, 0.15) is 0 Å². The van der Waals surface area contributed by atoms with Gasteiger partial charge in [0.2, 0.25) is 5.91 Å². The molecule has 114 valence electrons. The van der Waals surface area contributed by atoms with Crippen LogP contribution in [0.15, 0.2) is 0 Å². The van der Waals surface area contributed by atoms with E-state index in [1.807, 2.05) is 4.90 Å². The Balaban J connectivity index is 1.34. The minimum atomic E-state index is -0.410. The molecule has 0 N–H and O–H groups in total. The number of nitrogens with zero attached hydrogens (tertiary/aromatic N) is 1. The number of methoxy groups -OCH3 is 1. The molecule has 1 amide bonds. The van der Waals surface area contributed by atoms with Gasteiger partial charge in [-0.3, -0.25) is 4.79 Å². The summed E-state index contributed by atoms with van der Waals surface area (Å²) in [6, 6.07) is 0. The van der Waals surface area contributed by atoms with Crippen molar-refractivity contribution in [2.45, 2.75) is 43.7 Å². The lowest BCUT2D eigenvalue weighted by atomic mass is 10.0. The number of rotatable bonds is 5. The molecule has 1 aliphatic carbocycles. The fraction of sp³-hybridized carbons (Fsp3) is 0.929. The highest BCUT2D eigenvalue weighted by Crippen LogP contribution is 2.31. The van der Waals surface area contributed by atoms with Gasteiger partial charge in [-0.2, -0.15) is 0 Å². The summed E-state index contributed by atoms with van der Waals surface area (Å²) in [7, 11) is 1.69. The summed E-state index contributed by atoms with van der Waals surface area (Å²) in [6.07, 6.45) is 3.36. The third-order valence-corrected chi connectivity index (χ3v) is 4.32. The van der Waals surface area contributed by atoms with Crippen LogP contribution in [-0.4, -0.2) is 68.8 Å². The molecule has 3 rings (SSSR count). The van der Waals surface area contributed by atoms with E-state index in [9.17, 15) is 4.79 Å². The standard InChI is InChI=1S/C14H23NO5/c1-17-11-10-12(11)18-7-2-13(16)15-5-3-14(4-6-15)19-8-9-20-14/h11-12H,2-10H2,1H3. The zero-order valence-corrected chi connectivity index (χ0v) is 12.0. The number of hydrogen-bond acceptors (Lipinski definition) is 5. The Hall–Kier alpha value is -0.690. The van der Waals surface area contributed by atoms with E-state index in [2.05, 4.69) is 0 Å². The minimum Gasteiger partial charge on any atom is -0.379 e. The van der Waals surface area contributed by atoms with Gasteiger partial charge in [-0.05, 0) is 0 Å². The van der Waals surface area contributed by atoms with Crippen LogP contribution >= 0.6 is 0 Å². The van der Waals surface area contributed by atoms with Crippen molar-refractivity contribution in [3.8, 4) is 0 Å². The van der Waals surface area contributed by atoms with Crippen LogP contribution in [0.3, 0.4) is 0 Å². The number of ether oxygens (including phenoxy) is 4. The summed E-state index contributed by atoms with van der Waals surface area (Å²) >= 11 is 0. The molecular weight excluding hydrogens is 262 g/mol. The summed E-state index contributed by atoms with van der Waals surface area (Å²) in [5.74, 6) is -0.250. The van der Waals surface area contributed by atoms with E-state index in [4.69, 9.17) is 18.9 Å². The molecule has 2 aliphatic heterocycles. The highest BCUT2D eigenvalue weighted by molar-refractivity contribution is 5.76. The zero-order valence-electron chi connectivity index (χ0n) is 12.0. The molecule has 0 radical (unpaired) electrons. The molecule has 1 spiro atoms. The highest BCUT2D eigenvalue weighted by atomic mass is 16.7. The zero-order chi connectivity index (χ0) is 14.0. The quantitative estimate of drug-likeness (QED) is 0.738. The average molecular weight is 285 g/mol. The van der Waals surface area contributed by atoms with Gasteiger partial charge in [0.25, 0.3) is 0 Å². The number of amides is 1. The van der Waals surface area contributed by atoms with Crippen LogP contribution in [0.1, 0.15) is 25.7 Å². The lowest BCUT2D eigenvalue weighted by molar-refractivity contribution is -0.187. The first-order valence-corrected chi connectivity index (χ1v) is 7.42. The maximum absolute atomic E-state index is 12.1. The fourth-order valence-electron chi connectivity index (χ4n) is 2.91. The van der Waals surface area contributed by atoms with Crippen molar-refractivity contribution in [2.24, 2.45) is 0 Å². The largest absolute Gasteiger partial charge is 0.379 e. The predicted octanol–water partition coefficient (Wildman–Crippen LogP) is 0.546. The molecule has 6 heteroatoms. The van der Waals surface area contributed by atoms with Crippen LogP contribution in [0, 0.1) is 0 Å². The maximum atomic E-state index is 12.1. The summed E-state index contributed by atoms with van der Waals surface area (Å²) in [5.41, 5.74) is 0. The number of carbonyl (C=O) groups excluding carboxylic acids is 1. The Labute approximate surface area is 119 Å². The average Bonchev–Trinajstić information content (AvgIpc) is 3.09. The first-order chi connectivity index (χ1) is 9.72. The highest BCUT2D eigenvalue weighted by Gasteiger charge is 2.41. The molecule has 6 nitrogen and oxygen atoms in total. The van der Waals surface area contributed by atoms with Gasteiger partial charge >= 0.3 is 0 Å². The Bertz CT molecular complexity index is 345. The van der Waals surface area contributed by atoms with E-state index in [-0.39, 0.29) is 18.1 Å². The number of likely N-dealkylation sites (tertiary alicyclic amines) is 1. The van der Waals surface area contributed by atoms with Gasteiger partial charge in [-0.15, -0.1) is 0 Å². The Morgan fingerprint density at radius 3 is 2.55 bits per heavy atom. The van der Waals surface area contributed by atoms with Crippen LogP contribution in [0.5, 0.6) is 0 Å². The minimum absolute atomic E-state index is 0.160. The van der Waals surface area contributed by atoms with Crippen molar-refractivity contribution in [2.75, 3.05) is 40.0 Å². The van der Waals surface area contributed by atoms with Crippen LogP contribution < -0.4 is 0 Å². The molecular formula is C14H23NO5. The molecule has 2 unspecified atom stereocenters. The van der Waals surface area contributed by atoms with E-state index in [0.717, 1.165) is 19.3 Å². The third kappa shape index (κ3) is 3.14. The van der Waals surface area contributed by atoms with E-state index in [1.54, 1.807) is 7.11 Å². The van der Waals surface area contributed by atoms with Crippen LogP contribution in [0.25, 0.3) is 0 Å². The van der Waals surface area contributed by atoms with Crippen LogP contribution in [0.2, 0.25) is 0 Å². The molecule has 3 aliphatic rings. The van der Waals surface area contributed by atoms with Crippen molar-refractivity contribution in [3.63, 3.8) is 0 Å². The van der Waals surface area contributed by atoms with Crippen molar-refractivity contribution in [3.05, 3.63) is 0 Å². The smallest absolute Gasteiger partial charge is 0.224 e. The van der Waals surface area contributed by atoms with E-state index < -0.39 is 5.79 Å². The summed E-state index contributed by atoms with van der Waals surface area (Å²) < 4.78 is 22.1. The van der Waals surface area contributed by atoms with Crippen molar-refractivity contribution in [1.82, 2.24) is 4.90 Å². The van der Waals surface area contributed by atoms with Gasteiger partial charge in [0.05, 0.1) is 38.4 Å². The molecule has 3 fully saturated rings. The Kier molecular flexibility index (Phi) is 4.26. The molecule has 0 bridgehead atoms. The monoisotopic (exact) mass is 285 g/mol. The molecule has 1 saturated carbocycles. The second-order valence-electron chi connectivity index (χ2n) is 5.66. The number of piperidine rings is 1. The third-order valence-electron chi connectivity index (χ3n) is 4.32. The van der Waals surface area contributed by atoms with Gasteiger partial charge in [-0.25, -0.2) is 0 Å². The van der Waals surface area contributed by atoms with Crippen molar-refractivity contribution in [1.29, 1.82) is 0 Å². The van der Waals surface area contributed by atoms with Crippen molar-refractivity contribution >= 4 is 5.91 Å². The molecule has 0 aromatic heterocycles. The second-order valence-corrected chi connectivity index (χ2v) is 5.66. The van der Waals surface area contributed by atoms with E-state index in [0.29, 0.717) is 39.3 Å². The maximum Gasteiger partial charge on any atom is 0.224 e. The summed E-state index contributed by atoms with van der Waals surface area (Å²) in [4.78, 5) is 14.0. The second kappa shape index (κ2) is 5.97. The normalized spacial score (nSPS) is 31.8. The molecule has 2 atom stereocenters. The summed E-state index contributed by atoms with van der Waals surface area (Å²) in [6.45, 7) is 3.25. The summed E-state index contributed by atoms with van der Waals surface area (Å²) in [5, 5.41) is 0. The topological polar surface area (TPSA) is 57.2 Å². The van der Waals surface area contributed by atoms with Crippen LogP contribution in [0.4, 0.5) is 0 Å². The van der Waals surface area contributed by atoms with E-state index in [1.165, 1.54) is 0 Å². The molecule has 0 aromatic carbocycles. The van der Waals surface area contributed by atoms with Gasteiger partial charge in [0.15, 0.2) is 5.79 Å². The van der Waals surface area contributed by atoms with Gasteiger partial charge in [-0.1, -0.05) is 0 Å². The van der Waals surface area contributed by atoms with E-state index >= 15 is 0 Å². The Morgan fingerprint density at radius 2 is 1.95 bits per heavy atom. The van der Waals surface area contributed by atoms with Crippen LogP contribution in [-0.2, 0) is 23.7 Å². The number of hydrogen-bond donors (Lipinski definition) is 0. The molecule has 20 heavy (non-hydrogen) atoms. The SMILES string of the molecule is COC1CC1OCCC(=O)N1CCC2(CC1)OCCO2. The molecule has 2 heterocycles. The lowest BCUT2D eigenvalue weighted by Crippen LogP contribution is -2.47. The first kappa shape index (κ1) is 14.3. The number of carbonyl (C=O) groups is 1. The Morgan fingerprint density at radius 1 is 1.25 bits per heavy atom. The molecule has 2 saturated heterocycles. The molecule has 0 aromatic rings. The van der Waals surface area contributed by atoms with Gasteiger partial charge < -0.3 is 23.8 Å². The van der Waals surface area contributed by atoms with Crippen molar-refractivity contribution < 1.29 is 23.7 Å².